The van der Waals surface area contributed by atoms with E-state index in [4.69, 9.17) is 21.1 Å². The summed E-state index contributed by atoms with van der Waals surface area (Å²) in [7, 11) is 1.29. The molecule has 0 bridgehead atoms. The molecular formula is C20H21ClN2O5. The first kappa shape index (κ1) is 21.2. The van der Waals surface area contributed by atoms with E-state index in [9.17, 15) is 9.59 Å². The van der Waals surface area contributed by atoms with Crippen molar-refractivity contribution in [3.8, 4) is 11.5 Å². The van der Waals surface area contributed by atoms with Crippen LogP contribution in [-0.4, -0.2) is 38.4 Å². The lowest BCUT2D eigenvalue weighted by atomic mass is 10.1. The molecule has 0 saturated carbocycles. The average Bonchev–Trinajstić information content (AvgIpc) is 2.69. The fraction of sp³-hybridized carbons (Fsp3) is 0.250. The van der Waals surface area contributed by atoms with E-state index < -0.39 is 5.97 Å². The second-order valence-electron chi connectivity index (χ2n) is 5.67. The van der Waals surface area contributed by atoms with Gasteiger partial charge in [-0.2, -0.15) is 5.10 Å². The first-order chi connectivity index (χ1) is 13.4. The summed E-state index contributed by atoms with van der Waals surface area (Å²) in [4.78, 5) is 23.4. The maximum atomic E-state index is 12.1. The topological polar surface area (TPSA) is 86.2 Å². The van der Waals surface area contributed by atoms with Crippen LogP contribution in [0.4, 0.5) is 0 Å². The molecule has 7 nitrogen and oxygen atoms in total. The molecule has 0 unspecified atom stereocenters. The highest BCUT2D eigenvalue weighted by Crippen LogP contribution is 2.28. The molecule has 0 fully saturated rings. The summed E-state index contributed by atoms with van der Waals surface area (Å²) < 4.78 is 15.5. The zero-order valence-corrected chi connectivity index (χ0v) is 16.6. The van der Waals surface area contributed by atoms with Crippen LogP contribution < -0.4 is 14.9 Å². The fourth-order valence-electron chi connectivity index (χ4n) is 2.15. The van der Waals surface area contributed by atoms with Crippen LogP contribution in [0, 0.1) is 6.92 Å². The number of esters is 1. The van der Waals surface area contributed by atoms with Crippen LogP contribution in [0.5, 0.6) is 11.5 Å². The van der Waals surface area contributed by atoms with Gasteiger partial charge in [0, 0.05) is 10.6 Å². The average molecular weight is 405 g/mol. The Hall–Kier alpha value is -3.06. The Morgan fingerprint density at radius 2 is 1.93 bits per heavy atom. The molecule has 1 amide bonds. The summed E-state index contributed by atoms with van der Waals surface area (Å²) >= 11 is 6.03. The van der Waals surface area contributed by atoms with Crippen molar-refractivity contribution in [3.63, 3.8) is 0 Å². The molecule has 0 radical (unpaired) electrons. The Morgan fingerprint density at radius 1 is 1.14 bits per heavy atom. The predicted molar refractivity (Wildman–Crippen MR) is 106 cm³/mol. The van der Waals surface area contributed by atoms with Crippen LogP contribution in [-0.2, 0) is 9.53 Å². The number of halogens is 1. The largest absolute Gasteiger partial charge is 0.490 e. The molecule has 1 N–H and O–H groups in total. The first-order valence-electron chi connectivity index (χ1n) is 8.50. The van der Waals surface area contributed by atoms with Crippen LogP contribution in [0.15, 0.2) is 41.5 Å². The molecule has 2 rings (SSSR count). The number of amides is 1. The normalized spacial score (nSPS) is 10.6. The van der Waals surface area contributed by atoms with Gasteiger partial charge in [-0.05, 0) is 55.3 Å². The maximum absolute atomic E-state index is 12.1. The number of carbonyl (C=O) groups is 2. The Labute approximate surface area is 168 Å². The molecule has 148 valence electrons. The second-order valence-corrected chi connectivity index (χ2v) is 6.07. The second kappa shape index (κ2) is 10.3. The van der Waals surface area contributed by atoms with Crippen molar-refractivity contribution in [1.29, 1.82) is 0 Å². The molecule has 2 aromatic carbocycles. The van der Waals surface area contributed by atoms with Gasteiger partial charge < -0.3 is 14.2 Å². The number of benzene rings is 2. The van der Waals surface area contributed by atoms with E-state index >= 15 is 0 Å². The molecule has 2 aromatic rings. The van der Waals surface area contributed by atoms with Gasteiger partial charge in [0.25, 0.3) is 5.91 Å². The first-order valence-corrected chi connectivity index (χ1v) is 8.88. The van der Waals surface area contributed by atoms with Crippen molar-refractivity contribution in [1.82, 2.24) is 5.43 Å². The lowest BCUT2D eigenvalue weighted by Gasteiger charge is -2.11. The van der Waals surface area contributed by atoms with Crippen molar-refractivity contribution in [3.05, 3.63) is 58.1 Å². The Kier molecular flexibility index (Phi) is 7.83. The SMILES string of the molecule is CCOc1cc(/C=N\NC(=O)c2ccc(C)c(Cl)c2)ccc1OCC(=O)OC. The minimum absolute atomic E-state index is 0.223. The van der Waals surface area contributed by atoms with Gasteiger partial charge in [-0.15, -0.1) is 0 Å². The minimum atomic E-state index is -0.494. The van der Waals surface area contributed by atoms with E-state index in [0.29, 0.717) is 34.3 Å². The molecule has 0 aliphatic carbocycles. The zero-order valence-electron chi connectivity index (χ0n) is 15.8. The summed E-state index contributed by atoms with van der Waals surface area (Å²) in [6, 6.07) is 10.1. The molecule has 8 heteroatoms. The molecule has 0 heterocycles. The lowest BCUT2D eigenvalue weighted by Crippen LogP contribution is -2.17. The minimum Gasteiger partial charge on any atom is -0.490 e. The summed E-state index contributed by atoms with van der Waals surface area (Å²) in [5.41, 5.74) is 4.42. The number of carbonyl (C=O) groups excluding carboxylic acids is 2. The van der Waals surface area contributed by atoms with Gasteiger partial charge in [-0.3, -0.25) is 4.79 Å². The molecule has 28 heavy (non-hydrogen) atoms. The van der Waals surface area contributed by atoms with Crippen LogP contribution >= 0.6 is 11.6 Å². The number of methoxy groups -OCH3 is 1. The van der Waals surface area contributed by atoms with Crippen LogP contribution in [0.3, 0.4) is 0 Å². The molecule has 0 saturated heterocycles. The maximum Gasteiger partial charge on any atom is 0.343 e. The summed E-state index contributed by atoms with van der Waals surface area (Å²) in [5.74, 6) is -0.0112. The molecular weight excluding hydrogens is 384 g/mol. The van der Waals surface area contributed by atoms with Gasteiger partial charge in [-0.1, -0.05) is 17.7 Å². The van der Waals surface area contributed by atoms with Crippen LogP contribution in [0.2, 0.25) is 5.02 Å². The highest BCUT2D eigenvalue weighted by molar-refractivity contribution is 6.31. The fourth-order valence-corrected chi connectivity index (χ4v) is 2.33. The van der Waals surface area contributed by atoms with Gasteiger partial charge in [0.1, 0.15) is 0 Å². The summed E-state index contributed by atoms with van der Waals surface area (Å²) in [5, 5.41) is 4.46. The number of nitrogens with one attached hydrogen (secondary N) is 1. The Balaban J connectivity index is 2.05. The molecule has 0 aliphatic rings. The van der Waals surface area contributed by atoms with Crippen molar-refractivity contribution in [2.24, 2.45) is 5.10 Å². The van der Waals surface area contributed by atoms with Crippen LogP contribution in [0.25, 0.3) is 0 Å². The number of hydrogen-bond acceptors (Lipinski definition) is 6. The van der Waals surface area contributed by atoms with E-state index in [1.165, 1.54) is 13.3 Å². The molecule has 0 spiro atoms. The van der Waals surface area contributed by atoms with Crippen molar-refractivity contribution >= 4 is 29.7 Å². The summed E-state index contributed by atoms with van der Waals surface area (Å²) in [6.45, 7) is 3.88. The van der Waals surface area contributed by atoms with Gasteiger partial charge in [0.05, 0.1) is 19.9 Å². The zero-order chi connectivity index (χ0) is 20.5. The molecule has 0 aliphatic heterocycles. The van der Waals surface area contributed by atoms with E-state index in [0.717, 1.165) is 5.56 Å². The van der Waals surface area contributed by atoms with Crippen LogP contribution in [0.1, 0.15) is 28.4 Å². The monoisotopic (exact) mass is 404 g/mol. The van der Waals surface area contributed by atoms with Gasteiger partial charge in [-0.25, -0.2) is 10.2 Å². The number of rotatable bonds is 8. The van der Waals surface area contributed by atoms with Crippen molar-refractivity contribution in [2.45, 2.75) is 13.8 Å². The predicted octanol–water partition coefficient (Wildman–Crippen LogP) is 3.36. The van der Waals surface area contributed by atoms with E-state index in [1.54, 1.807) is 36.4 Å². The van der Waals surface area contributed by atoms with E-state index in [2.05, 4.69) is 15.3 Å². The van der Waals surface area contributed by atoms with E-state index in [-0.39, 0.29) is 12.5 Å². The quantitative estimate of drug-likeness (QED) is 0.414. The van der Waals surface area contributed by atoms with Gasteiger partial charge in [0.2, 0.25) is 0 Å². The third-order valence-electron chi connectivity index (χ3n) is 3.65. The number of nitrogens with zero attached hydrogens (tertiary/aromatic N) is 1. The third kappa shape index (κ3) is 5.99. The van der Waals surface area contributed by atoms with E-state index in [1.807, 2.05) is 13.8 Å². The lowest BCUT2D eigenvalue weighted by molar-refractivity contribution is -0.142. The Bertz CT molecular complexity index is 883. The third-order valence-corrected chi connectivity index (χ3v) is 4.06. The standard InChI is InChI=1S/C20H21ClN2O5/c1-4-27-18-9-14(6-8-17(18)28-12-19(24)26-3)11-22-23-20(25)15-7-5-13(2)16(21)10-15/h5-11H,4,12H2,1-3H3,(H,23,25)/b22-11-. The van der Waals surface area contributed by atoms with Crippen molar-refractivity contribution in [2.75, 3.05) is 20.3 Å². The number of aryl methyl sites for hydroxylation is 1. The number of ether oxygens (including phenoxy) is 3. The molecule has 0 atom stereocenters. The molecule has 0 aromatic heterocycles. The Morgan fingerprint density at radius 3 is 2.61 bits per heavy atom. The smallest absolute Gasteiger partial charge is 0.343 e. The van der Waals surface area contributed by atoms with Gasteiger partial charge >= 0.3 is 5.97 Å². The summed E-state index contributed by atoms with van der Waals surface area (Å²) in [6.07, 6.45) is 1.47. The highest BCUT2D eigenvalue weighted by Gasteiger charge is 2.09. The number of hydrazone groups is 1. The number of hydrogen-bond donors (Lipinski definition) is 1. The van der Waals surface area contributed by atoms with Gasteiger partial charge in [0.15, 0.2) is 18.1 Å². The highest BCUT2D eigenvalue weighted by atomic mass is 35.5. The van der Waals surface area contributed by atoms with Crippen molar-refractivity contribution < 1.29 is 23.8 Å².